The van der Waals surface area contributed by atoms with E-state index >= 15 is 0 Å². The molecule has 101 valence electrons. The predicted molar refractivity (Wildman–Crippen MR) is 92.9 cm³/mol. The van der Waals surface area contributed by atoms with Gasteiger partial charge in [0, 0.05) is 4.70 Å². The van der Waals surface area contributed by atoms with E-state index in [4.69, 9.17) is 0 Å². The third kappa shape index (κ3) is 2.58. The molecule has 3 rings (SSSR count). The van der Waals surface area contributed by atoms with Crippen LogP contribution in [0.4, 0.5) is 0 Å². The summed E-state index contributed by atoms with van der Waals surface area (Å²) in [5, 5.41) is 1.46. The van der Waals surface area contributed by atoms with Gasteiger partial charge in [-0.15, -0.1) is 11.3 Å². The lowest BCUT2D eigenvalue weighted by Gasteiger charge is -2.07. The molecule has 1 heterocycles. The third-order valence-electron chi connectivity index (χ3n) is 3.62. The van der Waals surface area contributed by atoms with Crippen molar-refractivity contribution in [1.29, 1.82) is 0 Å². The molecule has 0 bridgehead atoms. The molecule has 0 aliphatic carbocycles. The number of thiophene rings is 1. The molecule has 0 aliphatic heterocycles. The number of benzene rings is 2. The monoisotopic (exact) mass is 295 g/mol. The molecule has 2 heteroatoms. The molecular weight excluding hydrogens is 276 g/mol. The van der Waals surface area contributed by atoms with Gasteiger partial charge in [0.15, 0.2) is 0 Å². The molecule has 0 nitrogen and oxygen atoms in total. The van der Waals surface area contributed by atoms with Crippen LogP contribution in [0.15, 0.2) is 48.5 Å². The van der Waals surface area contributed by atoms with Crippen molar-refractivity contribution < 1.29 is 0 Å². The lowest BCUT2D eigenvalue weighted by molar-refractivity contribution is 1.22. The normalized spacial score (nSPS) is 11.4. The van der Waals surface area contributed by atoms with Gasteiger partial charge in [-0.05, 0) is 40.4 Å². The molecule has 2 aromatic carbocycles. The summed E-state index contributed by atoms with van der Waals surface area (Å²) in [6, 6.07) is 17.8. The van der Waals surface area contributed by atoms with Crippen molar-refractivity contribution in [2.24, 2.45) is 0 Å². The van der Waals surface area contributed by atoms with Crippen LogP contribution in [0.5, 0.6) is 0 Å². The SMILES string of the molecule is Cc1cccc(Cc2c([Si](C)C)sc3ccccc23)c1. The first kappa shape index (κ1) is 13.6. The van der Waals surface area contributed by atoms with Crippen LogP contribution in [0.25, 0.3) is 10.1 Å². The van der Waals surface area contributed by atoms with E-state index in [-0.39, 0.29) is 0 Å². The van der Waals surface area contributed by atoms with Crippen LogP contribution in [0.1, 0.15) is 16.7 Å². The van der Waals surface area contributed by atoms with Gasteiger partial charge in [0.1, 0.15) is 0 Å². The largest absolute Gasteiger partial charge is 0.145 e. The van der Waals surface area contributed by atoms with Crippen LogP contribution in [0.2, 0.25) is 13.1 Å². The summed E-state index contributed by atoms with van der Waals surface area (Å²) in [4.78, 5) is 0. The molecule has 3 aromatic rings. The molecule has 1 radical (unpaired) electrons. The zero-order valence-corrected chi connectivity index (χ0v) is 14.1. The van der Waals surface area contributed by atoms with E-state index in [1.807, 2.05) is 11.3 Å². The molecule has 1 aromatic heterocycles. The van der Waals surface area contributed by atoms with E-state index in [1.54, 1.807) is 10.1 Å². The molecule has 0 amide bonds. The first-order valence-electron chi connectivity index (χ1n) is 7.01. The standard InChI is InChI=1S/C18H19SSi/c1-13-7-6-8-14(11-13)12-16-15-9-4-5-10-17(15)19-18(16)20(2)3/h4-11H,12H2,1-3H3. The lowest BCUT2D eigenvalue weighted by Crippen LogP contribution is -2.22. The maximum Gasteiger partial charge on any atom is 0.0931 e. The Morgan fingerprint density at radius 3 is 2.55 bits per heavy atom. The molecule has 0 aliphatic rings. The Morgan fingerprint density at radius 2 is 1.80 bits per heavy atom. The van der Waals surface area contributed by atoms with Crippen molar-refractivity contribution in [3.63, 3.8) is 0 Å². The minimum absolute atomic E-state index is 0.413. The average molecular weight is 296 g/mol. The van der Waals surface area contributed by atoms with E-state index in [2.05, 4.69) is 68.5 Å². The fraction of sp³-hybridized carbons (Fsp3) is 0.222. The number of rotatable bonds is 3. The number of fused-ring (bicyclic) bond motifs is 1. The van der Waals surface area contributed by atoms with Crippen molar-refractivity contribution in [2.75, 3.05) is 0 Å². The minimum Gasteiger partial charge on any atom is -0.145 e. The van der Waals surface area contributed by atoms with Gasteiger partial charge in [-0.25, -0.2) is 0 Å². The van der Waals surface area contributed by atoms with Gasteiger partial charge >= 0.3 is 0 Å². The van der Waals surface area contributed by atoms with Crippen LogP contribution in [0.3, 0.4) is 0 Å². The summed E-state index contributed by atoms with van der Waals surface area (Å²) in [7, 11) is -0.413. The predicted octanol–water partition coefficient (Wildman–Crippen LogP) is 4.76. The fourth-order valence-electron chi connectivity index (χ4n) is 2.70. The number of hydrogen-bond donors (Lipinski definition) is 0. The van der Waals surface area contributed by atoms with Crippen LogP contribution < -0.4 is 4.50 Å². The quantitative estimate of drug-likeness (QED) is 0.611. The molecule has 0 atom stereocenters. The maximum atomic E-state index is 2.40. The molecule has 0 N–H and O–H groups in total. The van der Waals surface area contributed by atoms with Crippen molar-refractivity contribution in [1.82, 2.24) is 0 Å². The Bertz CT molecular complexity index is 740. The summed E-state index contributed by atoms with van der Waals surface area (Å²) < 4.78 is 3.08. The lowest BCUT2D eigenvalue weighted by atomic mass is 10.0. The fourth-order valence-corrected chi connectivity index (χ4v) is 5.65. The topological polar surface area (TPSA) is 0 Å². The van der Waals surface area contributed by atoms with Crippen LogP contribution in [-0.2, 0) is 6.42 Å². The number of hydrogen-bond acceptors (Lipinski definition) is 1. The van der Waals surface area contributed by atoms with Crippen LogP contribution >= 0.6 is 11.3 Å². The van der Waals surface area contributed by atoms with E-state index in [9.17, 15) is 0 Å². The highest BCUT2D eigenvalue weighted by molar-refractivity contribution is 7.29. The summed E-state index contributed by atoms with van der Waals surface area (Å²) >= 11 is 2.00. The van der Waals surface area contributed by atoms with Crippen molar-refractivity contribution >= 4 is 34.7 Å². The van der Waals surface area contributed by atoms with E-state index < -0.39 is 8.80 Å². The molecule has 20 heavy (non-hydrogen) atoms. The van der Waals surface area contributed by atoms with Gasteiger partial charge in [-0.1, -0.05) is 61.1 Å². The van der Waals surface area contributed by atoms with Crippen molar-refractivity contribution in [2.45, 2.75) is 26.4 Å². The molecular formula is C18H19SSi. The Balaban J connectivity index is 2.11. The van der Waals surface area contributed by atoms with Gasteiger partial charge in [0.05, 0.1) is 8.80 Å². The Hall–Kier alpha value is -1.38. The van der Waals surface area contributed by atoms with E-state index in [0.29, 0.717) is 0 Å². The Morgan fingerprint density at radius 1 is 1.00 bits per heavy atom. The van der Waals surface area contributed by atoms with Crippen LogP contribution in [-0.4, -0.2) is 8.80 Å². The van der Waals surface area contributed by atoms with Crippen LogP contribution in [0, 0.1) is 6.92 Å². The zero-order chi connectivity index (χ0) is 14.1. The van der Waals surface area contributed by atoms with Gasteiger partial charge < -0.3 is 0 Å². The maximum absolute atomic E-state index is 2.40. The third-order valence-corrected chi connectivity index (χ3v) is 7.38. The first-order chi connectivity index (χ1) is 9.65. The Labute approximate surface area is 126 Å². The smallest absolute Gasteiger partial charge is 0.0931 e. The number of aryl methyl sites for hydroxylation is 1. The molecule has 0 unspecified atom stereocenters. The highest BCUT2D eigenvalue weighted by Gasteiger charge is 2.15. The second kappa shape index (κ2) is 5.55. The van der Waals surface area contributed by atoms with Crippen molar-refractivity contribution in [3.8, 4) is 0 Å². The minimum atomic E-state index is -0.413. The van der Waals surface area contributed by atoms with E-state index in [1.165, 1.54) is 21.2 Å². The molecule has 0 saturated carbocycles. The van der Waals surface area contributed by atoms with Gasteiger partial charge in [0.2, 0.25) is 0 Å². The second-order valence-electron chi connectivity index (χ2n) is 5.57. The average Bonchev–Trinajstić information content (AvgIpc) is 2.78. The van der Waals surface area contributed by atoms with Gasteiger partial charge in [-0.2, -0.15) is 0 Å². The second-order valence-corrected chi connectivity index (χ2v) is 9.49. The molecule has 0 fully saturated rings. The molecule has 0 spiro atoms. The highest BCUT2D eigenvalue weighted by atomic mass is 32.1. The summed E-state index contributed by atoms with van der Waals surface area (Å²) in [5.74, 6) is 0. The summed E-state index contributed by atoms with van der Waals surface area (Å²) in [6.07, 6.45) is 1.07. The molecule has 0 saturated heterocycles. The highest BCUT2D eigenvalue weighted by Crippen LogP contribution is 2.26. The van der Waals surface area contributed by atoms with Crippen molar-refractivity contribution in [3.05, 3.63) is 65.2 Å². The van der Waals surface area contributed by atoms with E-state index in [0.717, 1.165) is 6.42 Å². The summed E-state index contributed by atoms with van der Waals surface area (Å²) in [5.41, 5.74) is 4.34. The van der Waals surface area contributed by atoms with Gasteiger partial charge in [-0.3, -0.25) is 0 Å². The van der Waals surface area contributed by atoms with Gasteiger partial charge in [0.25, 0.3) is 0 Å². The summed E-state index contributed by atoms with van der Waals surface area (Å²) in [6.45, 7) is 6.97. The Kier molecular flexibility index (Phi) is 3.77. The first-order valence-corrected chi connectivity index (χ1v) is 10.3. The zero-order valence-electron chi connectivity index (χ0n) is 12.2.